The number of nitrogens with one attached hydrogen (secondary N) is 2. The van der Waals surface area contributed by atoms with Crippen molar-refractivity contribution >= 4 is 29.4 Å². The highest BCUT2D eigenvalue weighted by molar-refractivity contribution is 7.11. The Bertz CT molecular complexity index is 810. The third-order valence-corrected chi connectivity index (χ3v) is 4.31. The molecule has 0 bridgehead atoms. The summed E-state index contributed by atoms with van der Waals surface area (Å²) < 4.78 is 16.8. The first kappa shape index (κ1) is 22.2. The molecule has 0 spiro atoms. The van der Waals surface area contributed by atoms with Gasteiger partial charge in [-0.15, -0.1) is 11.3 Å². The summed E-state index contributed by atoms with van der Waals surface area (Å²) in [7, 11) is 0. The van der Waals surface area contributed by atoms with Crippen LogP contribution in [-0.2, 0) is 4.79 Å². The van der Waals surface area contributed by atoms with Gasteiger partial charge in [-0.25, -0.2) is 5.43 Å². The van der Waals surface area contributed by atoms with Crippen LogP contribution in [0.15, 0.2) is 34.7 Å². The van der Waals surface area contributed by atoms with Gasteiger partial charge < -0.3 is 19.5 Å². The predicted molar refractivity (Wildman–Crippen MR) is 112 cm³/mol. The van der Waals surface area contributed by atoms with E-state index in [-0.39, 0.29) is 6.54 Å². The largest absolute Gasteiger partial charge is 0.490 e. The number of thiophene rings is 1. The van der Waals surface area contributed by atoms with Crippen LogP contribution in [-0.4, -0.2) is 44.4 Å². The highest BCUT2D eigenvalue weighted by Gasteiger charge is 2.18. The van der Waals surface area contributed by atoms with Crippen molar-refractivity contribution in [1.82, 2.24) is 10.7 Å². The van der Waals surface area contributed by atoms with Gasteiger partial charge in [0.05, 0.1) is 32.6 Å². The zero-order chi connectivity index (χ0) is 21.1. The summed E-state index contributed by atoms with van der Waals surface area (Å²) in [6.07, 6.45) is 1.54. The molecule has 0 saturated heterocycles. The molecule has 0 aliphatic carbocycles. The summed E-state index contributed by atoms with van der Waals surface area (Å²) in [6, 6.07) is 6.90. The van der Waals surface area contributed by atoms with Crippen LogP contribution in [0.1, 0.15) is 36.0 Å². The van der Waals surface area contributed by atoms with E-state index >= 15 is 0 Å². The maximum Gasteiger partial charge on any atom is 0.259 e. The number of hydrogen-bond acceptors (Lipinski definition) is 7. The first-order chi connectivity index (χ1) is 14.1. The molecular formula is C20H25N3O5S. The van der Waals surface area contributed by atoms with Crippen molar-refractivity contribution in [2.24, 2.45) is 5.10 Å². The van der Waals surface area contributed by atoms with Gasteiger partial charge in [0.1, 0.15) is 0 Å². The fourth-order valence-electron chi connectivity index (χ4n) is 2.35. The van der Waals surface area contributed by atoms with E-state index in [0.717, 1.165) is 4.88 Å². The van der Waals surface area contributed by atoms with Crippen LogP contribution in [0.25, 0.3) is 0 Å². The van der Waals surface area contributed by atoms with E-state index in [4.69, 9.17) is 14.2 Å². The Kier molecular flexibility index (Phi) is 8.97. The molecule has 0 aliphatic heterocycles. The number of hydrazone groups is 1. The van der Waals surface area contributed by atoms with Crippen molar-refractivity contribution in [2.45, 2.75) is 20.8 Å². The van der Waals surface area contributed by atoms with E-state index in [2.05, 4.69) is 15.8 Å². The van der Waals surface area contributed by atoms with Crippen LogP contribution >= 0.6 is 11.3 Å². The lowest BCUT2D eigenvalue weighted by Gasteiger charge is -2.17. The van der Waals surface area contributed by atoms with Crippen LogP contribution < -0.4 is 25.0 Å². The minimum Gasteiger partial charge on any atom is -0.490 e. The maximum atomic E-state index is 12.5. The second kappa shape index (κ2) is 11.7. The zero-order valence-corrected chi connectivity index (χ0v) is 17.5. The van der Waals surface area contributed by atoms with Crippen molar-refractivity contribution in [1.29, 1.82) is 0 Å². The van der Waals surface area contributed by atoms with Crippen molar-refractivity contribution < 1.29 is 23.8 Å². The molecule has 2 N–H and O–H groups in total. The van der Waals surface area contributed by atoms with E-state index in [1.807, 2.05) is 38.3 Å². The van der Waals surface area contributed by atoms with Gasteiger partial charge in [-0.2, -0.15) is 5.10 Å². The Morgan fingerprint density at radius 1 is 1.07 bits per heavy atom. The molecule has 29 heavy (non-hydrogen) atoms. The summed E-state index contributed by atoms with van der Waals surface area (Å²) in [5.74, 6) is 0.402. The monoisotopic (exact) mass is 419 g/mol. The third kappa shape index (κ3) is 6.79. The van der Waals surface area contributed by atoms with Crippen molar-refractivity contribution in [2.75, 3.05) is 26.4 Å². The Hall–Kier alpha value is -3.07. The average molecular weight is 420 g/mol. The lowest BCUT2D eigenvalue weighted by Crippen LogP contribution is -2.35. The highest BCUT2D eigenvalue weighted by atomic mass is 32.1. The van der Waals surface area contributed by atoms with Gasteiger partial charge in [0, 0.05) is 10.4 Å². The molecule has 1 aromatic carbocycles. The maximum absolute atomic E-state index is 12.5. The van der Waals surface area contributed by atoms with E-state index in [1.54, 1.807) is 18.3 Å². The Morgan fingerprint density at radius 3 is 2.28 bits per heavy atom. The molecule has 2 rings (SSSR count). The number of rotatable bonds is 11. The molecule has 0 radical (unpaired) electrons. The fourth-order valence-corrected chi connectivity index (χ4v) is 2.94. The molecular weight excluding hydrogens is 394 g/mol. The molecule has 9 heteroatoms. The van der Waals surface area contributed by atoms with Gasteiger partial charge in [0.15, 0.2) is 11.5 Å². The molecule has 0 saturated carbocycles. The highest BCUT2D eigenvalue weighted by Crippen LogP contribution is 2.39. The van der Waals surface area contributed by atoms with Crippen LogP contribution in [0.3, 0.4) is 0 Å². The molecule has 2 amide bonds. The summed E-state index contributed by atoms with van der Waals surface area (Å²) in [6.45, 7) is 6.54. The number of nitrogens with zero attached hydrogens (tertiary/aromatic N) is 1. The standard InChI is InChI=1S/C20H25N3O5S/c1-4-26-16-10-14(11-17(27-5-2)19(16)28-6-3)20(25)21-13-18(24)23-22-12-15-8-7-9-29-15/h7-12H,4-6,13H2,1-3H3,(H,21,25)(H,23,24)/b22-12-. The Labute approximate surface area is 173 Å². The van der Waals surface area contributed by atoms with Gasteiger partial charge in [-0.3, -0.25) is 9.59 Å². The number of benzene rings is 1. The molecule has 0 unspecified atom stereocenters. The molecule has 1 aromatic heterocycles. The van der Waals surface area contributed by atoms with E-state index < -0.39 is 11.8 Å². The predicted octanol–water partition coefficient (Wildman–Crippen LogP) is 2.82. The average Bonchev–Trinajstić information content (AvgIpc) is 3.22. The van der Waals surface area contributed by atoms with Gasteiger partial charge >= 0.3 is 0 Å². The molecule has 8 nitrogen and oxygen atoms in total. The van der Waals surface area contributed by atoms with Crippen molar-refractivity contribution in [3.8, 4) is 17.2 Å². The number of amides is 2. The Balaban J connectivity index is 2.03. The first-order valence-electron chi connectivity index (χ1n) is 9.29. The summed E-state index contributed by atoms with van der Waals surface area (Å²) in [5, 5.41) is 8.32. The Morgan fingerprint density at radius 2 is 1.72 bits per heavy atom. The van der Waals surface area contributed by atoms with Crippen molar-refractivity contribution in [3.63, 3.8) is 0 Å². The molecule has 0 fully saturated rings. The fraction of sp³-hybridized carbons (Fsp3) is 0.350. The minimum atomic E-state index is -0.438. The van der Waals surface area contributed by atoms with Crippen LogP contribution in [0.5, 0.6) is 17.2 Å². The van der Waals surface area contributed by atoms with Gasteiger partial charge in [0.25, 0.3) is 11.8 Å². The van der Waals surface area contributed by atoms with E-state index in [9.17, 15) is 9.59 Å². The topological polar surface area (TPSA) is 98.2 Å². The quantitative estimate of drug-likeness (QED) is 0.431. The van der Waals surface area contributed by atoms with E-state index in [1.165, 1.54) is 11.3 Å². The SMILES string of the molecule is CCOc1cc(C(=O)NCC(=O)N/N=C\c2cccs2)cc(OCC)c1OCC. The summed E-state index contributed by atoms with van der Waals surface area (Å²) in [4.78, 5) is 25.3. The van der Waals surface area contributed by atoms with Gasteiger partial charge in [0.2, 0.25) is 5.75 Å². The number of carbonyl (C=O) groups is 2. The summed E-state index contributed by atoms with van der Waals surface area (Å²) in [5.41, 5.74) is 2.67. The van der Waals surface area contributed by atoms with E-state index in [0.29, 0.717) is 42.6 Å². The van der Waals surface area contributed by atoms with Crippen LogP contribution in [0, 0.1) is 0 Å². The summed E-state index contributed by atoms with van der Waals surface area (Å²) >= 11 is 1.50. The second-order valence-electron chi connectivity index (χ2n) is 5.59. The smallest absolute Gasteiger partial charge is 0.259 e. The number of carbonyl (C=O) groups excluding carboxylic acids is 2. The first-order valence-corrected chi connectivity index (χ1v) is 10.2. The molecule has 156 valence electrons. The van der Waals surface area contributed by atoms with Gasteiger partial charge in [-0.1, -0.05) is 6.07 Å². The van der Waals surface area contributed by atoms with Crippen molar-refractivity contribution in [3.05, 3.63) is 40.1 Å². The lowest BCUT2D eigenvalue weighted by molar-refractivity contribution is -0.120. The molecule has 0 aliphatic rings. The van der Waals surface area contributed by atoms with Crippen LogP contribution in [0.2, 0.25) is 0 Å². The lowest BCUT2D eigenvalue weighted by atomic mass is 10.1. The third-order valence-electron chi connectivity index (χ3n) is 3.51. The molecule has 2 aromatic rings. The number of hydrogen-bond donors (Lipinski definition) is 2. The van der Waals surface area contributed by atoms with Gasteiger partial charge in [-0.05, 0) is 44.4 Å². The number of ether oxygens (including phenoxy) is 3. The molecule has 1 heterocycles. The minimum absolute atomic E-state index is 0.220. The van der Waals surface area contributed by atoms with Crippen LogP contribution in [0.4, 0.5) is 0 Å². The second-order valence-corrected chi connectivity index (χ2v) is 6.57. The molecule has 0 atom stereocenters. The zero-order valence-electron chi connectivity index (χ0n) is 16.7. The normalized spacial score (nSPS) is 10.6.